The molecule has 0 aliphatic carbocycles. The lowest BCUT2D eigenvalue weighted by Crippen LogP contribution is -2.62. The second kappa shape index (κ2) is 4.53. The molecule has 0 aromatic carbocycles. The van der Waals surface area contributed by atoms with E-state index in [-0.39, 0.29) is 29.2 Å². The lowest BCUT2D eigenvalue weighted by atomic mass is 10.0. The number of hydrogen-bond donors (Lipinski definition) is 1. The lowest BCUT2D eigenvalue weighted by molar-refractivity contribution is -0.148. The molecule has 3 atom stereocenters. The Balaban J connectivity index is 2.07. The van der Waals surface area contributed by atoms with Gasteiger partial charge in [-0.1, -0.05) is 0 Å². The predicted octanol–water partition coefficient (Wildman–Crippen LogP) is -0.843. The molecule has 0 saturated carbocycles. The molecular formula is C11H18N2O4S. The Labute approximate surface area is 107 Å². The third-order valence-electron chi connectivity index (χ3n) is 3.64. The zero-order chi connectivity index (χ0) is 13.5. The molecule has 2 aliphatic heterocycles. The van der Waals surface area contributed by atoms with E-state index in [4.69, 9.17) is 0 Å². The van der Waals surface area contributed by atoms with Crippen LogP contribution in [0, 0.1) is 5.92 Å². The Bertz CT molecular complexity index is 473. The first-order valence-corrected chi connectivity index (χ1v) is 7.93. The molecule has 1 N–H and O–H groups in total. The quantitative estimate of drug-likeness (QED) is 0.711. The van der Waals surface area contributed by atoms with Gasteiger partial charge in [-0.15, -0.1) is 0 Å². The zero-order valence-electron chi connectivity index (χ0n) is 10.5. The van der Waals surface area contributed by atoms with Crippen LogP contribution in [0.25, 0.3) is 0 Å². The van der Waals surface area contributed by atoms with Gasteiger partial charge in [-0.25, -0.2) is 8.42 Å². The minimum Gasteiger partial charge on any atom is -0.343 e. The highest BCUT2D eigenvalue weighted by molar-refractivity contribution is 7.91. The molecule has 0 bridgehead atoms. The van der Waals surface area contributed by atoms with Crippen LogP contribution in [0.2, 0.25) is 0 Å². The number of carbonyl (C=O) groups excluding carboxylic acids is 2. The van der Waals surface area contributed by atoms with Crippen LogP contribution in [-0.4, -0.2) is 55.3 Å². The Morgan fingerprint density at radius 3 is 2.56 bits per heavy atom. The normalized spacial score (nSPS) is 35.7. The first kappa shape index (κ1) is 13.3. The standard InChI is InChI=1S/C11H18N2O4S/c1-7-11(15)13(8(2)10(14)12-7)5-9-3-4-18(16,17)6-9/h7-9H,3-6H2,1-2H3,(H,12,14). The molecule has 2 aliphatic rings. The van der Waals surface area contributed by atoms with Crippen molar-refractivity contribution in [2.75, 3.05) is 18.1 Å². The van der Waals surface area contributed by atoms with Gasteiger partial charge >= 0.3 is 0 Å². The number of rotatable bonds is 2. The van der Waals surface area contributed by atoms with Gasteiger partial charge in [0, 0.05) is 6.54 Å². The number of nitrogens with one attached hydrogen (secondary N) is 1. The molecule has 2 amide bonds. The summed E-state index contributed by atoms with van der Waals surface area (Å²) < 4.78 is 22.8. The molecule has 0 aromatic rings. The number of carbonyl (C=O) groups is 2. The number of nitrogens with zero attached hydrogens (tertiary/aromatic N) is 1. The first-order valence-electron chi connectivity index (χ1n) is 6.11. The van der Waals surface area contributed by atoms with Crippen LogP contribution in [0.5, 0.6) is 0 Å². The average Bonchev–Trinajstić information content (AvgIpc) is 2.62. The van der Waals surface area contributed by atoms with Crippen molar-refractivity contribution in [1.29, 1.82) is 0 Å². The number of sulfone groups is 1. The van der Waals surface area contributed by atoms with Gasteiger partial charge in [-0.05, 0) is 26.2 Å². The molecule has 2 heterocycles. The number of piperazine rings is 1. The fourth-order valence-corrected chi connectivity index (χ4v) is 4.37. The maximum Gasteiger partial charge on any atom is 0.245 e. The minimum atomic E-state index is -2.95. The van der Waals surface area contributed by atoms with Crippen molar-refractivity contribution >= 4 is 21.7 Å². The van der Waals surface area contributed by atoms with Gasteiger partial charge < -0.3 is 10.2 Å². The highest BCUT2D eigenvalue weighted by atomic mass is 32.2. The monoisotopic (exact) mass is 274 g/mol. The fraction of sp³-hybridized carbons (Fsp3) is 0.818. The van der Waals surface area contributed by atoms with E-state index in [9.17, 15) is 18.0 Å². The molecule has 0 spiro atoms. The van der Waals surface area contributed by atoms with Crippen molar-refractivity contribution in [2.24, 2.45) is 5.92 Å². The molecule has 0 aromatic heterocycles. The van der Waals surface area contributed by atoms with E-state index in [1.54, 1.807) is 13.8 Å². The SMILES string of the molecule is CC1NC(=O)C(C)N(CC2CCS(=O)(=O)C2)C1=O. The first-order chi connectivity index (χ1) is 8.30. The van der Waals surface area contributed by atoms with Crippen LogP contribution in [0.4, 0.5) is 0 Å². The summed E-state index contributed by atoms with van der Waals surface area (Å²) in [6.45, 7) is 3.67. The summed E-state index contributed by atoms with van der Waals surface area (Å²) in [7, 11) is -2.95. The lowest BCUT2D eigenvalue weighted by Gasteiger charge is -2.37. The van der Waals surface area contributed by atoms with E-state index >= 15 is 0 Å². The molecule has 2 rings (SSSR count). The smallest absolute Gasteiger partial charge is 0.245 e. The Morgan fingerprint density at radius 1 is 1.33 bits per heavy atom. The third kappa shape index (κ3) is 2.50. The van der Waals surface area contributed by atoms with Crippen molar-refractivity contribution in [1.82, 2.24) is 10.2 Å². The van der Waals surface area contributed by atoms with Crippen molar-refractivity contribution in [3.63, 3.8) is 0 Å². The molecule has 2 fully saturated rings. The van der Waals surface area contributed by atoms with Crippen LogP contribution in [0.15, 0.2) is 0 Å². The van der Waals surface area contributed by atoms with E-state index in [0.29, 0.717) is 13.0 Å². The Kier molecular flexibility index (Phi) is 3.35. The Morgan fingerprint density at radius 2 is 2.00 bits per heavy atom. The average molecular weight is 274 g/mol. The van der Waals surface area contributed by atoms with E-state index in [1.165, 1.54) is 4.90 Å². The highest BCUT2D eigenvalue weighted by Crippen LogP contribution is 2.22. The number of hydrogen-bond acceptors (Lipinski definition) is 4. The van der Waals surface area contributed by atoms with Crippen LogP contribution in [0.3, 0.4) is 0 Å². The maximum atomic E-state index is 12.0. The topological polar surface area (TPSA) is 83.6 Å². The summed E-state index contributed by atoms with van der Waals surface area (Å²) in [5, 5.41) is 2.60. The Hall–Kier alpha value is -1.11. The van der Waals surface area contributed by atoms with Crippen molar-refractivity contribution in [3.05, 3.63) is 0 Å². The molecule has 2 saturated heterocycles. The van der Waals surface area contributed by atoms with Crippen molar-refractivity contribution < 1.29 is 18.0 Å². The summed E-state index contributed by atoms with van der Waals surface area (Å²) in [6.07, 6.45) is 0.578. The largest absolute Gasteiger partial charge is 0.343 e. The number of amides is 2. The summed E-state index contributed by atoms with van der Waals surface area (Å²) in [5.74, 6) is -0.0381. The van der Waals surface area contributed by atoms with Gasteiger partial charge in [-0.3, -0.25) is 9.59 Å². The molecular weight excluding hydrogens is 256 g/mol. The third-order valence-corrected chi connectivity index (χ3v) is 5.48. The summed E-state index contributed by atoms with van der Waals surface area (Å²) >= 11 is 0. The molecule has 102 valence electrons. The van der Waals surface area contributed by atoms with E-state index in [1.807, 2.05) is 0 Å². The maximum absolute atomic E-state index is 12.0. The van der Waals surface area contributed by atoms with Gasteiger partial charge in [-0.2, -0.15) is 0 Å². The molecule has 0 radical (unpaired) electrons. The van der Waals surface area contributed by atoms with E-state index < -0.39 is 21.9 Å². The fourth-order valence-electron chi connectivity index (χ4n) is 2.52. The molecule has 6 nitrogen and oxygen atoms in total. The second-order valence-corrected chi connectivity index (χ2v) is 7.39. The van der Waals surface area contributed by atoms with Gasteiger partial charge in [0.2, 0.25) is 11.8 Å². The van der Waals surface area contributed by atoms with E-state index in [0.717, 1.165) is 0 Å². The van der Waals surface area contributed by atoms with Crippen LogP contribution < -0.4 is 5.32 Å². The minimum absolute atomic E-state index is 0.0421. The molecule has 18 heavy (non-hydrogen) atoms. The summed E-state index contributed by atoms with van der Waals surface area (Å²) in [6, 6.07) is -1.04. The van der Waals surface area contributed by atoms with E-state index in [2.05, 4.69) is 5.32 Å². The second-order valence-electron chi connectivity index (χ2n) is 5.17. The van der Waals surface area contributed by atoms with Crippen LogP contribution >= 0.6 is 0 Å². The predicted molar refractivity (Wildman–Crippen MR) is 65.5 cm³/mol. The van der Waals surface area contributed by atoms with Gasteiger partial charge in [0.1, 0.15) is 12.1 Å². The van der Waals surface area contributed by atoms with Gasteiger partial charge in [0.15, 0.2) is 9.84 Å². The molecule has 7 heteroatoms. The molecule has 3 unspecified atom stereocenters. The van der Waals surface area contributed by atoms with Crippen LogP contribution in [0.1, 0.15) is 20.3 Å². The van der Waals surface area contributed by atoms with Gasteiger partial charge in [0.25, 0.3) is 0 Å². The summed E-state index contributed by atoms with van der Waals surface area (Å²) in [4.78, 5) is 25.1. The summed E-state index contributed by atoms with van der Waals surface area (Å²) in [5.41, 5.74) is 0. The zero-order valence-corrected chi connectivity index (χ0v) is 11.4. The highest BCUT2D eigenvalue weighted by Gasteiger charge is 2.38. The van der Waals surface area contributed by atoms with Crippen molar-refractivity contribution in [3.8, 4) is 0 Å². The van der Waals surface area contributed by atoms with Gasteiger partial charge in [0.05, 0.1) is 11.5 Å². The van der Waals surface area contributed by atoms with Crippen LogP contribution in [-0.2, 0) is 19.4 Å². The van der Waals surface area contributed by atoms with Crippen molar-refractivity contribution in [2.45, 2.75) is 32.4 Å².